The highest BCUT2D eigenvalue weighted by Gasteiger charge is 2.17. The molecule has 0 spiro atoms. The van der Waals surface area contributed by atoms with Crippen molar-refractivity contribution in [2.75, 3.05) is 0 Å². The standard InChI is InChI=1S/C12H17N3S/c1-6(2)9-11-12(16-15-9)10(7(3)4)13-8(5)14-11/h6-7H,1-5H3. The normalized spacial score (nSPS) is 11.9. The zero-order valence-electron chi connectivity index (χ0n) is 10.4. The van der Waals surface area contributed by atoms with Crippen LogP contribution in [0.5, 0.6) is 0 Å². The molecule has 0 unspecified atom stereocenters. The Hall–Kier alpha value is -1.03. The van der Waals surface area contributed by atoms with E-state index in [4.69, 9.17) is 0 Å². The third-order valence-corrected chi connectivity index (χ3v) is 3.45. The predicted octanol–water partition coefficient (Wildman–Crippen LogP) is 3.64. The van der Waals surface area contributed by atoms with E-state index < -0.39 is 0 Å². The van der Waals surface area contributed by atoms with Gasteiger partial charge in [-0.25, -0.2) is 9.97 Å². The summed E-state index contributed by atoms with van der Waals surface area (Å²) in [6.45, 7) is 10.6. The smallest absolute Gasteiger partial charge is 0.126 e. The van der Waals surface area contributed by atoms with Gasteiger partial charge in [0.2, 0.25) is 0 Å². The van der Waals surface area contributed by atoms with Gasteiger partial charge in [-0.05, 0) is 30.3 Å². The Kier molecular flexibility index (Phi) is 2.93. The van der Waals surface area contributed by atoms with E-state index in [1.165, 1.54) is 11.5 Å². The molecule has 0 aliphatic carbocycles. The second-order valence-corrected chi connectivity index (χ2v) is 5.48. The Morgan fingerprint density at radius 2 is 1.56 bits per heavy atom. The van der Waals surface area contributed by atoms with Gasteiger partial charge in [0.25, 0.3) is 0 Å². The summed E-state index contributed by atoms with van der Waals surface area (Å²) in [5.41, 5.74) is 3.29. The summed E-state index contributed by atoms with van der Waals surface area (Å²) in [6, 6.07) is 0. The highest BCUT2D eigenvalue weighted by Crippen LogP contribution is 2.31. The van der Waals surface area contributed by atoms with Crippen LogP contribution in [0.1, 0.15) is 56.7 Å². The van der Waals surface area contributed by atoms with Crippen molar-refractivity contribution in [3.05, 3.63) is 17.2 Å². The van der Waals surface area contributed by atoms with Crippen LogP contribution in [0.3, 0.4) is 0 Å². The fraction of sp³-hybridized carbons (Fsp3) is 0.583. The van der Waals surface area contributed by atoms with Crippen molar-refractivity contribution < 1.29 is 0 Å². The molecule has 0 saturated heterocycles. The second-order valence-electron chi connectivity index (χ2n) is 4.71. The molecule has 4 heteroatoms. The molecule has 0 aromatic carbocycles. The van der Waals surface area contributed by atoms with Gasteiger partial charge in [0.15, 0.2) is 0 Å². The van der Waals surface area contributed by atoms with E-state index in [9.17, 15) is 0 Å². The van der Waals surface area contributed by atoms with Crippen LogP contribution in [0.2, 0.25) is 0 Å². The van der Waals surface area contributed by atoms with Crippen molar-refractivity contribution >= 4 is 21.7 Å². The number of hydrogen-bond donors (Lipinski definition) is 0. The largest absolute Gasteiger partial charge is 0.236 e. The number of fused-ring (bicyclic) bond motifs is 1. The van der Waals surface area contributed by atoms with Gasteiger partial charge in [0, 0.05) is 0 Å². The molecule has 0 fully saturated rings. The molecule has 86 valence electrons. The quantitative estimate of drug-likeness (QED) is 0.797. The summed E-state index contributed by atoms with van der Waals surface area (Å²) in [5, 5.41) is 0. The molecule has 2 aromatic heterocycles. The summed E-state index contributed by atoms with van der Waals surface area (Å²) in [4.78, 5) is 9.07. The highest BCUT2D eigenvalue weighted by molar-refractivity contribution is 7.13. The molecule has 0 aliphatic heterocycles. The average molecular weight is 235 g/mol. The highest BCUT2D eigenvalue weighted by atomic mass is 32.1. The molecule has 0 aliphatic rings. The van der Waals surface area contributed by atoms with Crippen molar-refractivity contribution in [1.82, 2.24) is 14.3 Å². The second kappa shape index (κ2) is 4.09. The van der Waals surface area contributed by atoms with Crippen LogP contribution in [0.4, 0.5) is 0 Å². The lowest BCUT2D eigenvalue weighted by molar-refractivity contribution is 0.814. The van der Waals surface area contributed by atoms with E-state index in [0.29, 0.717) is 11.8 Å². The van der Waals surface area contributed by atoms with Gasteiger partial charge in [0.05, 0.1) is 16.1 Å². The van der Waals surface area contributed by atoms with Crippen molar-refractivity contribution in [2.45, 2.75) is 46.5 Å². The van der Waals surface area contributed by atoms with Crippen LogP contribution >= 0.6 is 11.5 Å². The maximum Gasteiger partial charge on any atom is 0.126 e. The third-order valence-electron chi connectivity index (χ3n) is 2.58. The summed E-state index contributed by atoms with van der Waals surface area (Å²) < 4.78 is 5.67. The molecule has 16 heavy (non-hydrogen) atoms. The monoisotopic (exact) mass is 235 g/mol. The lowest BCUT2D eigenvalue weighted by atomic mass is 10.1. The van der Waals surface area contributed by atoms with Crippen LogP contribution in [0.25, 0.3) is 10.2 Å². The summed E-state index contributed by atoms with van der Waals surface area (Å²) >= 11 is 1.53. The van der Waals surface area contributed by atoms with Crippen LogP contribution < -0.4 is 0 Å². The summed E-state index contributed by atoms with van der Waals surface area (Å²) in [7, 11) is 0. The molecule has 3 nitrogen and oxygen atoms in total. The van der Waals surface area contributed by atoms with Gasteiger partial charge in [-0.1, -0.05) is 27.7 Å². The fourth-order valence-electron chi connectivity index (χ4n) is 1.76. The van der Waals surface area contributed by atoms with E-state index in [-0.39, 0.29) is 0 Å². The molecule has 0 saturated carbocycles. The lowest BCUT2D eigenvalue weighted by Crippen LogP contribution is -1.99. The van der Waals surface area contributed by atoms with Crippen LogP contribution in [0, 0.1) is 6.92 Å². The van der Waals surface area contributed by atoms with Gasteiger partial charge in [-0.3, -0.25) is 0 Å². The number of aromatic nitrogens is 3. The first-order valence-corrected chi connectivity index (χ1v) is 6.41. The van der Waals surface area contributed by atoms with Gasteiger partial charge in [-0.15, -0.1) is 0 Å². The Morgan fingerprint density at radius 1 is 0.938 bits per heavy atom. The van der Waals surface area contributed by atoms with Crippen LogP contribution in [0.15, 0.2) is 0 Å². The van der Waals surface area contributed by atoms with Gasteiger partial charge in [0.1, 0.15) is 11.3 Å². The first-order chi connectivity index (χ1) is 7.50. The van der Waals surface area contributed by atoms with E-state index >= 15 is 0 Å². The van der Waals surface area contributed by atoms with E-state index in [0.717, 1.165) is 27.4 Å². The Morgan fingerprint density at radius 3 is 2.12 bits per heavy atom. The first kappa shape index (κ1) is 11.5. The van der Waals surface area contributed by atoms with Gasteiger partial charge < -0.3 is 0 Å². The number of nitrogens with zero attached hydrogens (tertiary/aromatic N) is 3. The Balaban J connectivity index is 2.75. The molecule has 2 aromatic rings. The minimum atomic E-state index is 0.420. The summed E-state index contributed by atoms with van der Waals surface area (Å²) in [6.07, 6.45) is 0. The van der Waals surface area contributed by atoms with Crippen molar-refractivity contribution in [2.24, 2.45) is 0 Å². The molecular formula is C12H17N3S. The topological polar surface area (TPSA) is 38.7 Å². The maximum absolute atomic E-state index is 4.54. The minimum absolute atomic E-state index is 0.420. The predicted molar refractivity (Wildman–Crippen MR) is 68.1 cm³/mol. The number of aryl methyl sites for hydroxylation is 1. The molecule has 0 radical (unpaired) electrons. The average Bonchev–Trinajstić information content (AvgIpc) is 2.59. The van der Waals surface area contributed by atoms with Crippen LogP contribution in [-0.4, -0.2) is 14.3 Å². The van der Waals surface area contributed by atoms with Gasteiger partial charge >= 0.3 is 0 Å². The molecule has 0 amide bonds. The zero-order valence-corrected chi connectivity index (χ0v) is 11.2. The number of hydrogen-bond acceptors (Lipinski definition) is 4. The van der Waals surface area contributed by atoms with Gasteiger partial charge in [-0.2, -0.15) is 4.37 Å². The SMILES string of the molecule is Cc1nc(C(C)C)c2snc(C(C)C)c2n1. The molecule has 0 N–H and O–H groups in total. The van der Waals surface area contributed by atoms with Crippen LogP contribution in [-0.2, 0) is 0 Å². The zero-order chi connectivity index (χ0) is 11.9. The van der Waals surface area contributed by atoms with E-state index in [1.807, 2.05) is 6.92 Å². The Bertz CT molecular complexity index is 514. The fourth-order valence-corrected chi connectivity index (χ4v) is 2.85. The van der Waals surface area contributed by atoms with Crippen molar-refractivity contribution in [1.29, 1.82) is 0 Å². The molecule has 2 rings (SSSR count). The van der Waals surface area contributed by atoms with E-state index in [1.54, 1.807) is 0 Å². The summed E-state index contributed by atoms with van der Waals surface area (Å²) in [5.74, 6) is 1.69. The lowest BCUT2D eigenvalue weighted by Gasteiger charge is -2.07. The first-order valence-electron chi connectivity index (χ1n) is 5.64. The minimum Gasteiger partial charge on any atom is -0.236 e. The Labute approximate surface area is 100 Å². The molecular weight excluding hydrogens is 218 g/mol. The maximum atomic E-state index is 4.54. The van der Waals surface area contributed by atoms with Crippen molar-refractivity contribution in [3.63, 3.8) is 0 Å². The molecule has 2 heterocycles. The van der Waals surface area contributed by atoms with Crippen molar-refractivity contribution in [3.8, 4) is 0 Å². The molecule has 0 atom stereocenters. The molecule has 0 bridgehead atoms. The number of rotatable bonds is 2. The third kappa shape index (κ3) is 1.82. The van der Waals surface area contributed by atoms with E-state index in [2.05, 4.69) is 42.0 Å².